The van der Waals surface area contributed by atoms with Crippen molar-refractivity contribution in [2.75, 3.05) is 14.2 Å². The van der Waals surface area contributed by atoms with E-state index in [4.69, 9.17) is 9.47 Å². The fourth-order valence-electron chi connectivity index (χ4n) is 3.73. The molecule has 0 aliphatic rings. The molecule has 0 unspecified atom stereocenters. The van der Waals surface area contributed by atoms with Gasteiger partial charge >= 0.3 is 5.97 Å². The van der Waals surface area contributed by atoms with Crippen LogP contribution in [-0.4, -0.2) is 54.1 Å². The van der Waals surface area contributed by atoms with E-state index in [2.05, 4.69) is 20.6 Å². The average Bonchev–Trinajstić information content (AvgIpc) is 3.27. The van der Waals surface area contributed by atoms with E-state index in [0.717, 1.165) is 16.5 Å². The van der Waals surface area contributed by atoms with Gasteiger partial charge in [-0.1, -0.05) is 26.0 Å². The molecule has 2 heterocycles. The van der Waals surface area contributed by atoms with Gasteiger partial charge in [0.15, 0.2) is 0 Å². The fraction of sp³-hybridized carbons (Fsp3) is 0.360. The molecular weight excluding hydrogens is 436 g/mol. The Morgan fingerprint density at radius 2 is 1.85 bits per heavy atom. The van der Waals surface area contributed by atoms with Gasteiger partial charge in [-0.3, -0.25) is 14.6 Å². The quantitative estimate of drug-likeness (QED) is 0.395. The highest BCUT2D eigenvalue weighted by Crippen LogP contribution is 2.26. The van der Waals surface area contributed by atoms with Crippen molar-refractivity contribution in [2.24, 2.45) is 5.92 Å². The Kier molecular flexibility index (Phi) is 8.24. The SMILES string of the molecule is COC(=O)[C@H](Cc1cccnc1)NC(=O)[C@H](CC(C)C)NC(=O)c1cc2c(OC)cccc2[nH]1. The summed E-state index contributed by atoms with van der Waals surface area (Å²) in [5.41, 5.74) is 1.83. The molecule has 9 nitrogen and oxygen atoms in total. The topological polar surface area (TPSA) is 122 Å². The summed E-state index contributed by atoms with van der Waals surface area (Å²) >= 11 is 0. The fourth-order valence-corrected chi connectivity index (χ4v) is 3.73. The highest BCUT2D eigenvalue weighted by atomic mass is 16.5. The number of aromatic nitrogens is 2. The van der Waals surface area contributed by atoms with Crippen molar-refractivity contribution in [3.63, 3.8) is 0 Å². The molecule has 3 N–H and O–H groups in total. The number of nitrogens with one attached hydrogen (secondary N) is 3. The van der Waals surface area contributed by atoms with Gasteiger partial charge in [0.2, 0.25) is 5.91 Å². The lowest BCUT2D eigenvalue weighted by Crippen LogP contribution is -2.53. The van der Waals surface area contributed by atoms with Crippen LogP contribution in [0.3, 0.4) is 0 Å². The van der Waals surface area contributed by atoms with Crippen molar-refractivity contribution in [2.45, 2.75) is 38.8 Å². The van der Waals surface area contributed by atoms with Crippen LogP contribution >= 0.6 is 0 Å². The molecule has 3 rings (SSSR count). The number of rotatable bonds is 10. The first-order valence-corrected chi connectivity index (χ1v) is 11.1. The number of amides is 2. The molecule has 0 bridgehead atoms. The Balaban J connectivity index is 1.77. The van der Waals surface area contributed by atoms with Gasteiger partial charge in [0.25, 0.3) is 5.91 Å². The molecule has 0 spiro atoms. The van der Waals surface area contributed by atoms with Crippen LogP contribution in [0.2, 0.25) is 0 Å². The molecule has 2 aromatic heterocycles. The first kappa shape index (κ1) is 24.8. The molecule has 2 atom stereocenters. The summed E-state index contributed by atoms with van der Waals surface area (Å²) in [5, 5.41) is 6.30. The third-order valence-corrected chi connectivity index (χ3v) is 5.38. The zero-order valence-corrected chi connectivity index (χ0v) is 19.8. The maximum atomic E-state index is 13.2. The average molecular weight is 467 g/mol. The van der Waals surface area contributed by atoms with Gasteiger partial charge in [-0.2, -0.15) is 0 Å². The van der Waals surface area contributed by atoms with Crippen molar-refractivity contribution < 1.29 is 23.9 Å². The number of benzene rings is 1. The molecule has 1 aromatic carbocycles. The van der Waals surface area contributed by atoms with Gasteiger partial charge in [-0.25, -0.2) is 4.79 Å². The van der Waals surface area contributed by atoms with Gasteiger partial charge < -0.3 is 25.1 Å². The number of methoxy groups -OCH3 is 2. The van der Waals surface area contributed by atoms with Gasteiger partial charge in [0.1, 0.15) is 23.5 Å². The molecule has 180 valence electrons. The second-order valence-electron chi connectivity index (χ2n) is 8.41. The lowest BCUT2D eigenvalue weighted by molar-refractivity contribution is -0.145. The van der Waals surface area contributed by atoms with Crippen LogP contribution < -0.4 is 15.4 Å². The van der Waals surface area contributed by atoms with Gasteiger partial charge in [0.05, 0.1) is 14.2 Å². The molecule has 0 saturated carbocycles. The number of nitrogens with zero attached hydrogens (tertiary/aromatic N) is 1. The van der Waals surface area contributed by atoms with Crippen LogP contribution in [0.25, 0.3) is 10.9 Å². The third-order valence-electron chi connectivity index (χ3n) is 5.38. The van der Waals surface area contributed by atoms with Crippen LogP contribution in [0.15, 0.2) is 48.8 Å². The molecule has 0 saturated heterocycles. The summed E-state index contributed by atoms with van der Waals surface area (Å²) < 4.78 is 10.2. The summed E-state index contributed by atoms with van der Waals surface area (Å²) in [6, 6.07) is 8.97. The summed E-state index contributed by atoms with van der Waals surface area (Å²) in [6.07, 6.45) is 3.86. The first-order valence-electron chi connectivity index (χ1n) is 11.1. The number of H-pyrrole nitrogens is 1. The van der Waals surface area contributed by atoms with E-state index < -0.39 is 29.9 Å². The third kappa shape index (κ3) is 6.12. The Labute approximate surface area is 198 Å². The van der Waals surface area contributed by atoms with E-state index in [1.807, 2.05) is 38.1 Å². The largest absolute Gasteiger partial charge is 0.496 e. The lowest BCUT2D eigenvalue weighted by Gasteiger charge is -2.23. The molecule has 34 heavy (non-hydrogen) atoms. The van der Waals surface area contributed by atoms with Gasteiger partial charge in [-0.15, -0.1) is 0 Å². The summed E-state index contributed by atoms with van der Waals surface area (Å²) in [4.78, 5) is 45.6. The number of pyridine rings is 1. The standard InChI is InChI=1S/C25H30N4O5/c1-15(2)11-19(23(30)29-21(25(32)34-4)12-16-7-6-10-26-14-16)28-24(31)20-13-17-18(27-20)8-5-9-22(17)33-3/h5-10,13-15,19,21,27H,11-12H2,1-4H3,(H,28,31)(H,29,30)/t19-,21-/m0/s1. The maximum Gasteiger partial charge on any atom is 0.328 e. The van der Waals surface area contributed by atoms with Crippen molar-refractivity contribution in [3.8, 4) is 5.75 Å². The van der Waals surface area contributed by atoms with E-state index in [0.29, 0.717) is 17.9 Å². The normalized spacial score (nSPS) is 12.7. The maximum absolute atomic E-state index is 13.2. The number of hydrogen-bond acceptors (Lipinski definition) is 6. The molecule has 2 amide bonds. The van der Waals surface area contributed by atoms with Crippen molar-refractivity contribution in [1.29, 1.82) is 0 Å². The van der Waals surface area contributed by atoms with Crippen molar-refractivity contribution >= 4 is 28.7 Å². The smallest absolute Gasteiger partial charge is 0.328 e. The Bertz CT molecular complexity index is 1140. The molecule has 3 aromatic rings. The van der Waals surface area contributed by atoms with E-state index >= 15 is 0 Å². The molecule has 0 radical (unpaired) electrons. The second kappa shape index (κ2) is 11.3. The van der Waals surface area contributed by atoms with Gasteiger partial charge in [-0.05, 0) is 42.2 Å². The van der Waals surface area contributed by atoms with E-state index in [1.54, 1.807) is 31.6 Å². The van der Waals surface area contributed by atoms with E-state index in [9.17, 15) is 14.4 Å². The van der Waals surface area contributed by atoms with Crippen LogP contribution in [0.4, 0.5) is 0 Å². The molecule has 0 aliphatic heterocycles. The number of fused-ring (bicyclic) bond motifs is 1. The molecule has 9 heteroatoms. The Morgan fingerprint density at radius 1 is 1.06 bits per heavy atom. The number of carbonyl (C=O) groups excluding carboxylic acids is 3. The van der Waals surface area contributed by atoms with Crippen molar-refractivity contribution in [1.82, 2.24) is 20.6 Å². The van der Waals surface area contributed by atoms with E-state index in [1.165, 1.54) is 7.11 Å². The van der Waals surface area contributed by atoms with Crippen LogP contribution in [-0.2, 0) is 20.7 Å². The Hall–Kier alpha value is -3.88. The monoisotopic (exact) mass is 466 g/mol. The number of hydrogen-bond donors (Lipinski definition) is 3. The summed E-state index contributed by atoms with van der Waals surface area (Å²) in [6.45, 7) is 3.90. The zero-order valence-electron chi connectivity index (χ0n) is 19.8. The van der Waals surface area contributed by atoms with Gasteiger partial charge in [0, 0.05) is 29.7 Å². The number of esters is 1. The van der Waals surface area contributed by atoms with Crippen LogP contribution in [0.1, 0.15) is 36.3 Å². The number of carbonyl (C=O) groups is 3. The van der Waals surface area contributed by atoms with E-state index in [-0.39, 0.29) is 12.3 Å². The highest BCUT2D eigenvalue weighted by molar-refractivity contribution is 6.01. The summed E-state index contributed by atoms with van der Waals surface area (Å²) in [5.74, 6) is -0.708. The zero-order chi connectivity index (χ0) is 24.7. The van der Waals surface area contributed by atoms with Crippen LogP contribution in [0.5, 0.6) is 5.75 Å². The number of ether oxygens (including phenoxy) is 2. The predicted octanol–water partition coefficient (Wildman–Crippen LogP) is 2.62. The minimum absolute atomic E-state index is 0.119. The molecule has 0 fully saturated rings. The van der Waals surface area contributed by atoms with Crippen LogP contribution in [0, 0.1) is 5.92 Å². The van der Waals surface area contributed by atoms with Crippen molar-refractivity contribution in [3.05, 3.63) is 60.0 Å². The minimum Gasteiger partial charge on any atom is -0.496 e. The first-order chi connectivity index (χ1) is 16.3. The predicted molar refractivity (Wildman–Crippen MR) is 127 cm³/mol. The highest BCUT2D eigenvalue weighted by Gasteiger charge is 2.29. The Morgan fingerprint density at radius 3 is 2.50 bits per heavy atom. The molecule has 0 aliphatic carbocycles. The second-order valence-corrected chi connectivity index (χ2v) is 8.41. The summed E-state index contributed by atoms with van der Waals surface area (Å²) in [7, 11) is 2.83. The minimum atomic E-state index is -0.911. The number of aromatic amines is 1. The molecular formula is C25H30N4O5. The lowest BCUT2D eigenvalue weighted by atomic mass is 10.0.